The Labute approximate surface area is 188 Å². The Morgan fingerprint density at radius 3 is 2.41 bits per heavy atom. The average molecular weight is 424 g/mol. The molecule has 1 amide bonds. The molecular weight excluding hydrogens is 398 g/mol. The van der Waals surface area contributed by atoms with E-state index in [0.717, 1.165) is 29.1 Å². The Balaban J connectivity index is 1.39. The molecule has 0 bridgehead atoms. The fraction of sp³-hybridized carbons (Fsp3) is 0.154. The Bertz CT molecular complexity index is 1180. The number of rotatable bonds is 7. The molecule has 0 aliphatic carbocycles. The maximum Gasteiger partial charge on any atom is 0.253 e. The van der Waals surface area contributed by atoms with Crippen molar-refractivity contribution in [1.29, 1.82) is 0 Å². The topological polar surface area (TPSA) is 71.0 Å². The van der Waals surface area contributed by atoms with Gasteiger partial charge in [-0.1, -0.05) is 35.9 Å². The number of benzene rings is 2. The Hall–Kier alpha value is -4.06. The number of aromatic nitrogens is 3. The van der Waals surface area contributed by atoms with Gasteiger partial charge in [0.25, 0.3) is 5.91 Å². The molecular formula is C26H25N5O. The molecule has 1 N–H and O–H groups in total. The van der Waals surface area contributed by atoms with E-state index >= 15 is 0 Å². The van der Waals surface area contributed by atoms with Crippen LogP contribution in [0.4, 0.5) is 11.6 Å². The van der Waals surface area contributed by atoms with Gasteiger partial charge in [-0.2, -0.15) is 0 Å². The minimum Gasteiger partial charge on any atom is -0.341 e. The van der Waals surface area contributed by atoms with E-state index in [9.17, 15) is 4.79 Å². The molecule has 0 saturated carbocycles. The van der Waals surface area contributed by atoms with Crippen molar-refractivity contribution in [3.8, 4) is 11.3 Å². The normalized spacial score (nSPS) is 10.6. The summed E-state index contributed by atoms with van der Waals surface area (Å²) in [5, 5.41) is 3.21. The van der Waals surface area contributed by atoms with Crippen LogP contribution in [0.2, 0.25) is 0 Å². The van der Waals surface area contributed by atoms with Gasteiger partial charge in [-0.25, -0.2) is 9.97 Å². The maximum atomic E-state index is 12.7. The molecule has 2 heterocycles. The van der Waals surface area contributed by atoms with Crippen molar-refractivity contribution in [1.82, 2.24) is 19.9 Å². The molecule has 2 aromatic carbocycles. The van der Waals surface area contributed by atoms with Crippen molar-refractivity contribution < 1.29 is 4.79 Å². The molecule has 0 atom stereocenters. The highest BCUT2D eigenvalue weighted by Crippen LogP contribution is 2.20. The van der Waals surface area contributed by atoms with Gasteiger partial charge in [0.05, 0.1) is 5.69 Å². The van der Waals surface area contributed by atoms with Gasteiger partial charge in [0.2, 0.25) is 5.95 Å². The lowest BCUT2D eigenvalue weighted by molar-refractivity contribution is 0.0796. The first-order chi connectivity index (χ1) is 15.6. The van der Waals surface area contributed by atoms with Gasteiger partial charge in [-0.15, -0.1) is 0 Å². The first kappa shape index (κ1) is 21.2. The predicted octanol–water partition coefficient (Wildman–Crippen LogP) is 4.91. The molecule has 0 aliphatic heterocycles. The maximum absolute atomic E-state index is 12.7. The summed E-state index contributed by atoms with van der Waals surface area (Å²) in [4.78, 5) is 27.7. The number of nitrogens with one attached hydrogen (secondary N) is 1. The Morgan fingerprint density at radius 1 is 0.906 bits per heavy atom. The third-order valence-corrected chi connectivity index (χ3v) is 5.17. The number of hydrogen-bond donors (Lipinski definition) is 1. The van der Waals surface area contributed by atoms with Gasteiger partial charge in [-0.05, 0) is 49.4 Å². The van der Waals surface area contributed by atoms with Crippen molar-refractivity contribution in [3.05, 3.63) is 102 Å². The zero-order chi connectivity index (χ0) is 22.3. The van der Waals surface area contributed by atoms with E-state index in [1.807, 2.05) is 67.7 Å². The molecule has 0 unspecified atom stereocenters. The van der Waals surface area contributed by atoms with Crippen LogP contribution in [0.1, 0.15) is 21.6 Å². The highest BCUT2D eigenvalue weighted by Gasteiger charge is 2.12. The van der Waals surface area contributed by atoms with Crippen LogP contribution in [0.25, 0.3) is 11.3 Å². The summed E-state index contributed by atoms with van der Waals surface area (Å²) < 4.78 is 0. The number of carbonyl (C=O) groups is 1. The van der Waals surface area contributed by atoms with E-state index < -0.39 is 0 Å². The Morgan fingerprint density at radius 2 is 1.69 bits per heavy atom. The van der Waals surface area contributed by atoms with E-state index in [4.69, 9.17) is 0 Å². The molecule has 4 rings (SSSR count). The third-order valence-electron chi connectivity index (χ3n) is 5.17. The molecule has 6 heteroatoms. The van der Waals surface area contributed by atoms with E-state index in [-0.39, 0.29) is 5.91 Å². The number of carbonyl (C=O) groups excluding carboxylic acids is 1. The van der Waals surface area contributed by atoms with Crippen molar-refractivity contribution in [2.75, 3.05) is 18.9 Å². The summed E-state index contributed by atoms with van der Waals surface area (Å²) in [5.41, 5.74) is 5.52. The summed E-state index contributed by atoms with van der Waals surface area (Å²) >= 11 is 0. The zero-order valence-corrected chi connectivity index (χ0v) is 18.2. The SMILES string of the molecule is Cc1ccc(-c2ccnc(Nc3ccc(C(=O)N(C)CCc4ccccn4)cc3)n2)cc1. The molecule has 0 aliphatic rings. The zero-order valence-electron chi connectivity index (χ0n) is 18.2. The smallest absolute Gasteiger partial charge is 0.253 e. The highest BCUT2D eigenvalue weighted by atomic mass is 16.2. The molecule has 160 valence electrons. The molecule has 32 heavy (non-hydrogen) atoms. The van der Waals surface area contributed by atoms with E-state index in [2.05, 4.69) is 39.3 Å². The summed E-state index contributed by atoms with van der Waals surface area (Å²) in [6, 6.07) is 23.3. The minimum absolute atomic E-state index is 0.0231. The predicted molar refractivity (Wildman–Crippen MR) is 127 cm³/mol. The number of hydrogen-bond acceptors (Lipinski definition) is 5. The lowest BCUT2D eigenvalue weighted by Gasteiger charge is -2.17. The summed E-state index contributed by atoms with van der Waals surface area (Å²) in [6.07, 6.45) is 4.22. The second-order valence-electron chi connectivity index (χ2n) is 7.63. The quantitative estimate of drug-likeness (QED) is 0.458. The van der Waals surface area contributed by atoms with Crippen LogP contribution >= 0.6 is 0 Å². The van der Waals surface area contributed by atoms with Gasteiger partial charge in [0, 0.05) is 54.9 Å². The molecule has 0 fully saturated rings. The van der Waals surface area contributed by atoms with Crippen molar-refractivity contribution in [3.63, 3.8) is 0 Å². The molecule has 6 nitrogen and oxygen atoms in total. The van der Waals surface area contributed by atoms with Gasteiger partial charge < -0.3 is 10.2 Å². The minimum atomic E-state index is -0.0231. The first-order valence-corrected chi connectivity index (χ1v) is 10.5. The van der Waals surface area contributed by atoms with Crippen LogP contribution in [-0.4, -0.2) is 39.4 Å². The summed E-state index contributed by atoms with van der Waals surface area (Å²) in [7, 11) is 1.81. The fourth-order valence-corrected chi connectivity index (χ4v) is 3.28. The monoisotopic (exact) mass is 423 g/mol. The lowest BCUT2D eigenvalue weighted by atomic mass is 10.1. The van der Waals surface area contributed by atoms with Crippen LogP contribution in [0.3, 0.4) is 0 Å². The lowest BCUT2D eigenvalue weighted by Crippen LogP contribution is -2.28. The van der Waals surface area contributed by atoms with Crippen molar-refractivity contribution in [2.45, 2.75) is 13.3 Å². The van der Waals surface area contributed by atoms with E-state index in [1.165, 1.54) is 5.56 Å². The number of amides is 1. The standard InChI is InChI=1S/C26H25N5O/c1-19-6-8-20(9-7-19)24-14-17-28-26(30-24)29-23-12-10-21(11-13-23)25(32)31(2)18-15-22-5-3-4-16-27-22/h3-14,16-17H,15,18H2,1-2H3,(H,28,29,30). The third kappa shape index (κ3) is 5.35. The summed E-state index contributed by atoms with van der Waals surface area (Å²) in [6.45, 7) is 2.67. The van der Waals surface area contributed by atoms with Gasteiger partial charge >= 0.3 is 0 Å². The molecule has 0 radical (unpaired) electrons. The number of nitrogens with zero attached hydrogens (tertiary/aromatic N) is 4. The fourth-order valence-electron chi connectivity index (χ4n) is 3.28. The molecule has 0 spiro atoms. The van der Waals surface area contributed by atoms with Crippen LogP contribution in [0, 0.1) is 6.92 Å². The van der Waals surface area contributed by atoms with Crippen LogP contribution in [-0.2, 0) is 6.42 Å². The van der Waals surface area contributed by atoms with Gasteiger partial charge in [-0.3, -0.25) is 9.78 Å². The second-order valence-corrected chi connectivity index (χ2v) is 7.63. The molecule has 2 aromatic heterocycles. The van der Waals surface area contributed by atoms with E-state index in [1.54, 1.807) is 17.3 Å². The van der Waals surface area contributed by atoms with Crippen LogP contribution < -0.4 is 5.32 Å². The summed E-state index contributed by atoms with van der Waals surface area (Å²) in [5.74, 6) is 0.486. The largest absolute Gasteiger partial charge is 0.341 e. The number of aryl methyl sites for hydroxylation is 1. The number of pyridine rings is 1. The van der Waals surface area contributed by atoms with Gasteiger partial charge in [0.1, 0.15) is 0 Å². The van der Waals surface area contributed by atoms with E-state index in [0.29, 0.717) is 18.1 Å². The van der Waals surface area contributed by atoms with Crippen LogP contribution in [0.15, 0.2) is 85.2 Å². The molecule has 0 saturated heterocycles. The number of likely N-dealkylation sites (N-methyl/N-ethyl adjacent to an activating group) is 1. The van der Waals surface area contributed by atoms with Crippen molar-refractivity contribution >= 4 is 17.5 Å². The van der Waals surface area contributed by atoms with Crippen LogP contribution in [0.5, 0.6) is 0 Å². The molecule has 4 aromatic rings. The highest BCUT2D eigenvalue weighted by molar-refractivity contribution is 5.94. The Kier molecular flexibility index (Phi) is 6.51. The number of anilines is 2. The average Bonchev–Trinajstić information content (AvgIpc) is 2.84. The second kappa shape index (κ2) is 9.83. The van der Waals surface area contributed by atoms with Gasteiger partial charge in [0.15, 0.2) is 0 Å². The van der Waals surface area contributed by atoms with Crippen molar-refractivity contribution in [2.24, 2.45) is 0 Å². The first-order valence-electron chi connectivity index (χ1n) is 10.5.